The van der Waals surface area contributed by atoms with Crippen molar-refractivity contribution in [2.75, 3.05) is 5.32 Å². The van der Waals surface area contributed by atoms with E-state index >= 15 is 0 Å². The minimum Gasteiger partial charge on any atom is -0.464 e. The van der Waals surface area contributed by atoms with Gasteiger partial charge in [-0.3, -0.25) is 4.79 Å². The van der Waals surface area contributed by atoms with Gasteiger partial charge in [-0.15, -0.1) is 0 Å². The molecule has 0 unspecified atom stereocenters. The molecule has 0 aliphatic rings. The fourth-order valence-corrected chi connectivity index (χ4v) is 3.32. The number of carbonyl (C=O) groups excluding carboxylic acids is 1. The van der Waals surface area contributed by atoms with Gasteiger partial charge in [0, 0.05) is 34.5 Å². The number of furan rings is 1. The minimum atomic E-state index is -0.456. The number of amides is 1. The zero-order valence-electron chi connectivity index (χ0n) is 15.5. The van der Waals surface area contributed by atoms with Gasteiger partial charge in [-0.05, 0) is 61.7 Å². The van der Waals surface area contributed by atoms with Gasteiger partial charge >= 0.3 is 5.63 Å². The van der Waals surface area contributed by atoms with Crippen molar-refractivity contribution in [2.24, 2.45) is 0 Å². The van der Waals surface area contributed by atoms with E-state index in [1.54, 1.807) is 12.3 Å². The Morgan fingerprint density at radius 2 is 1.82 bits per heavy atom. The van der Waals surface area contributed by atoms with Crippen LogP contribution in [0.15, 0.2) is 56.3 Å². The Kier molecular flexibility index (Phi) is 4.47. The molecule has 1 amide bonds. The van der Waals surface area contributed by atoms with E-state index < -0.39 is 5.63 Å². The Balaban J connectivity index is 1.60. The van der Waals surface area contributed by atoms with Crippen molar-refractivity contribution in [2.45, 2.75) is 26.7 Å². The third-order valence-corrected chi connectivity index (χ3v) is 4.91. The molecular weight excluding hydrogens is 361 g/mol. The van der Waals surface area contributed by atoms with Crippen LogP contribution < -0.4 is 10.9 Å². The summed E-state index contributed by atoms with van der Waals surface area (Å²) in [5.74, 6) is -0.629. The van der Waals surface area contributed by atoms with Crippen molar-refractivity contribution >= 4 is 33.5 Å². The summed E-state index contributed by atoms with van der Waals surface area (Å²) in [6.07, 6.45) is 2.03. The van der Waals surface area contributed by atoms with Gasteiger partial charge in [0.05, 0.1) is 6.26 Å². The van der Waals surface area contributed by atoms with Crippen molar-refractivity contribution in [3.8, 4) is 0 Å². The van der Waals surface area contributed by atoms with Gasteiger partial charge in [0.1, 0.15) is 17.0 Å². The van der Waals surface area contributed by atoms with E-state index in [2.05, 4.69) is 5.32 Å². The van der Waals surface area contributed by atoms with Crippen LogP contribution in [0.25, 0.3) is 21.9 Å². The molecule has 0 bridgehead atoms. The Bertz CT molecular complexity index is 1250. The smallest absolute Gasteiger partial charge is 0.339 e. The summed E-state index contributed by atoms with van der Waals surface area (Å²) in [5, 5.41) is 4.48. The molecule has 2 aromatic heterocycles. The molecule has 4 rings (SSSR count). The number of aryl methyl sites for hydroxylation is 2. The van der Waals surface area contributed by atoms with E-state index in [0.29, 0.717) is 22.4 Å². The molecule has 0 aliphatic heterocycles. The Morgan fingerprint density at radius 3 is 2.57 bits per heavy atom. The number of hydrogen-bond donors (Lipinski definition) is 1. The number of benzene rings is 2. The maximum Gasteiger partial charge on any atom is 0.339 e. The molecule has 142 valence electrons. The number of halogens is 1. The molecular formula is C22H18FNO4. The van der Waals surface area contributed by atoms with Crippen LogP contribution in [-0.2, 0) is 11.2 Å². The SMILES string of the molecule is Cc1coc2cc3oc(=O)c(CCC(=O)Nc4ccc(F)cc4)c(C)c3cc12. The normalized spacial score (nSPS) is 11.2. The topological polar surface area (TPSA) is 72.5 Å². The van der Waals surface area contributed by atoms with Gasteiger partial charge in [0.25, 0.3) is 0 Å². The fraction of sp³-hybridized carbons (Fsp3) is 0.182. The summed E-state index contributed by atoms with van der Waals surface area (Å²) in [4.78, 5) is 24.6. The highest BCUT2D eigenvalue weighted by Crippen LogP contribution is 2.29. The number of carbonyl (C=O) groups is 1. The molecule has 2 heterocycles. The number of nitrogens with one attached hydrogen (secondary N) is 1. The second-order valence-corrected chi connectivity index (χ2v) is 6.81. The maximum absolute atomic E-state index is 12.9. The third-order valence-electron chi connectivity index (χ3n) is 4.91. The number of anilines is 1. The van der Waals surface area contributed by atoms with E-state index in [1.807, 2.05) is 19.9 Å². The zero-order valence-corrected chi connectivity index (χ0v) is 15.5. The molecule has 2 aromatic carbocycles. The summed E-state index contributed by atoms with van der Waals surface area (Å²) in [6.45, 7) is 3.81. The molecule has 0 aliphatic carbocycles. The van der Waals surface area contributed by atoms with Gasteiger partial charge < -0.3 is 14.2 Å². The van der Waals surface area contributed by atoms with Crippen molar-refractivity contribution in [3.05, 3.63) is 75.6 Å². The van der Waals surface area contributed by atoms with Gasteiger partial charge in [-0.25, -0.2) is 9.18 Å². The molecule has 1 N–H and O–H groups in total. The molecule has 0 saturated carbocycles. The largest absolute Gasteiger partial charge is 0.464 e. The predicted octanol–water partition coefficient (Wildman–Crippen LogP) is 4.87. The highest BCUT2D eigenvalue weighted by molar-refractivity contribution is 5.96. The van der Waals surface area contributed by atoms with Gasteiger partial charge in [0.15, 0.2) is 0 Å². The molecule has 5 nitrogen and oxygen atoms in total. The molecule has 0 saturated heterocycles. The standard InChI is InChI=1S/C22H18FNO4/c1-12-11-27-19-10-20-18(9-17(12)19)13(2)16(22(26)28-20)7-8-21(25)24-15-5-3-14(23)4-6-15/h3-6,9-11H,7-8H2,1-2H3,(H,24,25). The number of fused-ring (bicyclic) bond motifs is 2. The van der Waals surface area contributed by atoms with Crippen molar-refractivity contribution in [3.63, 3.8) is 0 Å². The van der Waals surface area contributed by atoms with E-state index in [0.717, 1.165) is 21.9 Å². The average molecular weight is 379 g/mol. The van der Waals surface area contributed by atoms with Gasteiger partial charge in [0.2, 0.25) is 5.91 Å². The molecule has 4 aromatic rings. The highest BCUT2D eigenvalue weighted by Gasteiger charge is 2.15. The predicted molar refractivity (Wildman–Crippen MR) is 105 cm³/mol. The van der Waals surface area contributed by atoms with Crippen molar-refractivity contribution in [1.29, 1.82) is 0 Å². The van der Waals surface area contributed by atoms with Gasteiger partial charge in [-0.1, -0.05) is 0 Å². The quantitative estimate of drug-likeness (QED) is 0.514. The van der Waals surface area contributed by atoms with Crippen molar-refractivity contribution < 1.29 is 18.0 Å². The van der Waals surface area contributed by atoms with Crippen LogP contribution in [0.3, 0.4) is 0 Å². The first-order valence-corrected chi connectivity index (χ1v) is 8.92. The Hall–Kier alpha value is -3.41. The second kappa shape index (κ2) is 6.96. The van der Waals surface area contributed by atoms with Crippen LogP contribution in [0, 0.1) is 19.7 Å². The third kappa shape index (κ3) is 3.29. The van der Waals surface area contributed by atoms with Crippen LogP contribution in [0.2, 0.25) is 0 Å². The first-order valence-electron chi connectivity index (χ1n) is 8.92. The van der Waals surface area contributed by atoms with Crippen LogP contribution in [-0.4, -0.2) is 5.91 Å². The fourth-order valence-electron chi connectivity index (χ4n) is 3.32. The van der Waals surface area contributed by atoms with Crippen LogP contribution >= 0.6 is 0 Å². The second-order valence-electron chi connectivity index (χ2n) is 6.81. The van der Waals surface area contributed by atoms with Crippen LogP contribution in [0.5, 0.6) is 0 Å². The van der Waals surface area contributed by atoms with Gasteiger partial charge in [-0.2, -0.15) is 0 Å². The zero-order chi connectivity index (χ0) is 19.8. The minimum absolute atomic E-state index is 0.113. The molecule has 0 radical (unpaired) electrons. The van der Waals surface area contributed by atoms with E-state index in [9.17, 15) is 14.0 Å². The lowest BCUT2D eigenvalue weighted by Crippen LogP contribution is -2.16. The molecule has 28 heavy (non-hydrogen) atoms. The summed E-state index contributed by atoms with van der Waals surface area (Å²) in [5.41, 5.74) is 3.45. The summed E-state index contributed by atoms with van der Waals surface area (Å²) in [7, 11) is 0. The first-order chi connectivity index (χ1) is 13.4. The lowest BCUT2D eigenvalue weighted by atomic mass is 10.0. The lowest BCUT2D eigenvalue weighted by Gasteiger charge is -2.09. The first kappa shape index (κ1) is 18.0. The van der Waals surface area contributed by atoms with E-state index in [1.165, 1.54) is 24.3 Å². The van der Waals surface area contributed by atoms with Crippen LogP contribution in [0.4, 0.5) is 10.1 Å². The summed E-state index contributed by atoms with van der Waals surface area (Å²) < 4.78 is 23.9. The lowest BCUT2D eigenvalue weighted by molar-refractivity contribution is -0.116. The highest BCUT2D eigenvalue weighted by atomic mass is 19.1. The molecule has 6 heteroatoms. The Morgan fingerprint density at radius 1 is 1.07 bits per heavy atom. The number of rotatable bonds is 4. The molecule has 0 spiro atoms. The molecule has 0 atom stereocenters. The Labute approximate surface area is 159 Å². The monoisotopic (exact) mass is 379 g/mol. The van der Waals surface area contributed by atoms with E-state index in [-0.39, 0.29) is 24.6 Å². The van der Waals surface area contributed by atoms with Crippen LogP contribution in [0.1, 0.15) is 23.1 Å². The summed E-state index contributed by atoms with van der Waals surface area (Å²) >= 11 is 0. The maximum atomic E-state index is 12.9. The molecule has 0 fully saturated rings. The van der Waals surface area contributed by atoms with Crippen molar-refractivity contribution in [1.82, 2.24) is 0 Å². The summed E-state index contributed by atoms with van der Waals surface area (Å²) in [6, 6.07) is 9.19. The average Bonchev–Trinajstić information content (AvgIpc) is 3.02. The number of hydrogen-bond acceptors (Lipinski definition) is 4. The van der Waals surface area contributed by atoms with E-state index in [4.69, 9.17) is 8.83 Å².